The summed E-state index contributed by atoms with van der Waals surface area (Å²) in [6.07, 6.45) is 0.915. The normalized spacial score (nSPS) is 28.1. The van der Waals surface area contributed by atoms with Crippen LogP contribution in [0.4, 0.5) is 0 Å². The van der Waals surface area contributed by atoms with E-state index in [1.807, 2.05) is 0 Å². The van der Waals surface area contributed by atoms with Gasteiger partial charge in [-0.3, -0.25) is 39.5 Å². The Kier molecular flexibility index (Phi) is 5.49. The number of ketones is 2. The summed E-state index contributed by atoms with van der Waals surface area (Å²) in [5.74, 6) is -4.16. The molecule has 30 heavy (non-hydrogen) atoms. The van der Waals surface area contributed by atoms with Crippen LogP contribution in [0.5, 0.6) is 0 Å². The molecule has 11 heteroatoms. The number of hydrogen-bond donors (Lipinski definition) is 1. The van der Waals surface area contributed by atoms with Crippen LogP contribution in [0.15, 0.2) is 42.5 Å². The van der Waals surface area contributed by atoms with E-state index in [1.165, 1.54) is 17.0 Å². The molecule has 3 rings (SSSR count). The van der Waals surface area contributed by atoms with E-state index in [1.54, 1.807) is 18.2 Å². The smallest absolute Gasteiger partial charge is 0.305 e. The van der Waals surface area contributed by atoms with Crippen LogP contribution in [-0.2, 0) is 9.59 Å². The minimum Gasteiger partial charge on any atom is -0.481 e. The number of nitrogens with zero attached hydrogens (tertiary/aromatic N) is 3. The molecule has 0 amide bonds. The highest BCUT2D eigenvalue weighted by Gasteiger charge is 2.74. The molecule has 2 bridgehead atoms. The number of carbonyl (C=O) groups is 3. The Morgan fingerprint density at radius 1 is 1.13 bits per heavy atom. The first-order valence-corrected chi connectivity index (χ1v) is 9.18. The van der Waals surface area contributed by atoms with Gasteiger partial charge in [0.2, 0.25) is 5.78 Å². The SMILES string of the molecule is O=C(O)CCN1C[C@@]2([N+](=O)[O-])C=CC(=O)[C@@]([N+](=O)[O-])(C1)[C@H]2CC(=O)c1ccccc1. The minimum absolute atomic E-state index is 0.193. The number of Topliss-reactive ketones (excluding diaryl/α,β-unsaturated/α-hetero) is 1. The van der Waals surface area contributed by atoms with Crippen molar-refractivity contribution in [2.75, 3.05) is 19.6 Å². The lowest BCUT2D eigenvalue weighted by Gasteiger charge is -2.48. The Labute approximate surface area is 170 Å². The van der Waals surface area contributed by atoms with Crippen molar-refractivity contribution in [3.8, 4) is 0 Å². The number of fused-ring (bicyclic) bond motifs is 2. The lowest BCUT2D eigenvalue weighted by Crippen LogP contribution is -2.75. The Bertz CT molecular complexity index is 946. The Hall–Kier alpha value is -3.47. The Morgan fingerprint density at radius 3 is 2.37 bits per heavy atom. The standard InChI is InChI=1S/C19H19N3O8/c23-14(13-4-2-1-3-5-13)10-15-18(21(27)28)8-6-16(24)19(15,22(29)30)12-20(11-18)9-7-17(25)26/h1-6,8,15H,7,9-12H2,(H,25,26)/t15-,18-,19+/m0/s1. The molecule has 2 aliphatic rings. The number of piperidine rings is 1. The van der Waals surface area contributed by atoms with Crippen LogP contribution in [0.3, 0.4) is 0 Å². The zero-order valence-corrected chi connectivity index (χ0v) is 15.8. The maximum Gasteiger partial charge on any atom is 0.305 e. The predicted molar refractivity (Wildman–Crippen MR) is 101 cm³/mol. The molecule has 1 aromatic rings. The first-order valence-electron chi connectivity index (χ1n) is 9.18. The number of aliphatic carboxylic acids is 1. The summed E-state index contributed by atoms with van der Waals surface area (Å²) in [6.45, 7) is -1.03. The molecule has 1 aliphatic heterocycles. The van der Waals surface area contributed by atoms with Gasteiger partial charge in [0.15, 0.2) is 5.78 Å². The van der Waals surface area contributed by atoms with Crippen molar-refractivity contribution in [2.45, 2.75) is 23.9 Å². The van der Waals surface area contributed by atoms with Crippen molar-refractivity contribution in [1.82, 2.24) is 4.90 Å². The van der Waals surface area contributed by atoms with Gasteiger partial charge in [-0.05, 0) is 12.2 Å². The first kappa shape index (κ1) is 21.2. The van der Waals surface area contributed by atoms with Gasteiger partial charge >= 0.3 is 11.5 Å². The molecule has 1 saturated heterocycles. The van der Waals surface area contributed by atoms with Gasteiger partial charge in [0.1, 0.15) is 5.92 Å². The molecule has 1 aromatic carbocycles. The molecule has 0 aromatic heterocycles. The molecule has 0 unspecified atom stereocenters. The van der Waals surface area contributed by atoms with Crippen LogP contribution in [0.1, 0.15) is 23.2 Å². The number of carbonyl (C=O) groups excluding carboxylic acids is 2. The summed E-state index contributed by atoms with van der Waals surface area (Å²) < 4.78 is 0. The molecule has 3 atom stereocenters. The second kappa shape index (κ2) is 7.75. The number of benzene rings is 1. The fraction of sp³-hybridized carbons (Fsp3) is 0.421. The first-order chi connectivity index (χ1) is 14.1. The van der Waals surface area contributed by atoms with E-state index < -0.39 is 63.8 Å². The molecule has 1 fully saturated rings. The average Bonchev–Trinajstić information content (AvgIpc) is 2.70. The molecule has 1 heterocycles. The van der Waals surface area contributed by atoms with Crippen LogP contribution in [0.25, 0.3) is 0 Å². The van der Waals surface area contributed by atoms with Gasteiger partial charge in [-0.15, -0.1) is 0 Å². The Morgan fingerprint density at radius 2 is 1.80 bits per heavy atom. The number of rotatable bonds is 8. The Balaban J connectivity index is 2.08. The third kappa shape index (κ3) is 3.36. The number of likely N-dealkylation sites (tertiary alicyclic amines) is 1. The van der Waals surface area contributed by atoms with Crippen LogP contribution in [-0.4, -0.2) is 68.1 Å². The highest BCUT2D eigenvalue weighted by molar-refractivity contribution is 6.01. The van der Waals surface area contributed by atoms with Crippen molar-refractivity contribution >= 4 is 17.5 Å². The molecular formula is C19H19N3O8. The maximum absolute atomic E-state index is 12.8. The lowest BCUT2D eigenvalue weighted by atomic mass is 9.60. The fourth-order valence-electron chi connectivity index (χ4n) is 4.38. The molecule has 0 radical (unpaired) electrons. The molecule has 1 aliphatic carbocycles. The molecular weight excluding hydrogens is 398 g/mol. The van der Waals surface area contributed by atoms with E-state index in [0.29, 0.717) is 0 Å². The van der Waals surface area contributed by atoms with Crippen LogP contribution in [0, 0.1) is 26.1 Å². The average molecular weight is 417 g/mol. The zero-order chi connectivity index (χ0) is 22.1. The zero-order valence-electron chi connectivity index (χ0n) is 15.8. The van der Waals surface area contributed by atoms with Crippen LogP contribution in [0.2, 0.25) is 0 Å². The summed E-state index contributed by atoms with van der Waals surface area (Å²) in [4.78, 5) is 60.5. The third-order valence-electron chi connectivity index (χ3n) is 5.86. The van der Waals surface area contributed by atoms with Gasteiger partial charge in [0.05, 0.1) is 19.5 Å². The maximum atomic E-state index is 12.8. The summed E-state index contributed by atoms with van der Waals surface area (Å²) >= 11 is 0. The lowest BCUT2D eigenvalue weighted by molar-refractivity contribution is -0.623. The van der Waals surface area contributed by atoms with Gasteiger partial charge in [-0.25, -0.2) is 0 Å². The molecule has 11 nitrogen and oxygen atoms in total. The summed E-state index contributed by atoms with van der Waals surface area (Å²) in [7, 11) is 0. The third-order valence-corrected chi connectivity index (χ3v) is 5.86. The van der Waals surface area contributed by atoms with E-state index in [4.69, 9.17) is 5.11 Å². The predicted octanol–water partition coefficient (Wildman–Crippen LogP) is 0.836. The summed E-state index contributed by atoms with van der Waals surface area (Å²) in [5.41, 5.74) is -4.25. The molecule has 1 N–H and O–H groups in total. The van der Waals surface area contributed by atoms with Crippen LogP contribution >= 0.6 is 0 Å². The quantitative estimate of drug-likeness (QED) is 0.367. The summed E-state index contributed by atoms with van der Waals surface area (Å²) in [6, 6.07) is 7.86. The van der Waals surface area contributed by atoms with Crippen molar-refractivity contribution in [3.05, 3.63) is 68.3 Å². The van der Waals surface area contributed by atoms with Gasteiger partial charge in [-0.2, -0.15) is 0 Å². The topological polar surface area (TPSA) is 161 Å². The van der Waals surface area contributed by atoms with E-state index in [2.05, 4.69) is 0 Å². The van der Waals surface area contributed by atoms with E-state index >= 15 is 0 Å². The molecule has 158 valence electrons. The molecule has 0 saturated carbocycles. The van der Waals surface area contributed by atoms with Crippen molar-refractivity contribution in [2.24, 2.45) is 5.92 Å². The van der Waals surface area contributed by atoms with Gasteiger partial charge < -0.3 is 5.11 Å². The van der Waals surface area contributed by atoms with E-state index in [-0.39, 0.29) is 18.7 Å². The number of carboxylic acids is 1. The second-order valence-corrected chi connectivity index (χ2v) is 7.53. The number of carboxylic acid groups (broad SMARTS) is 1. The second-order valence-electron chi connectivity index (χ2n) is 7.53. The van der Waals surface area contributed by atoms with Gasteiger partial charge in [0.25, 0.3) is 5.54 Å². The van der Waals surface area contributed by atoms with Crippen LogP contribution < -0.4 is 0 Å². The molecule has 0 spiro atoms. The number of nitro groups is 2. The fourth-order valence-corrected chi connectivity index (χ4v) is 4.38. The highest BCUT2D eigenvalue weighted by atomic mass is 16.6. The van der Waals surface area contributed by atoms with Crippen molar-refractivity contribution in [1.29, 1.82) is 0 Å². The van der Waals surface area contributed by atoms with Gasteiger partial charge in [0, 0.05) is 28.4 Å². The van der Waals surface area contributed by atoms with E-state index in [9.17, 15) is 34.6 Å². The van der Waals surface area contributed by atoms with Crippen molar-refractivity contribution < 1.29 is 29.3 Å². The highest BCUT2D eigenvalue weighted by Crippen LogP contribution is 2.46. The largest absolute Gasteiger partial charge is 0.481 e. The number of hydrogen-bond acceptors (Lipinski definition) is 8. The van der Waals surface area contributed by atoms with E-state index in [0.717, 1.165) is 12.2 Å². The van der Waals surface area contributed by atoms with Gasteiger partial charge in [-0.1, -0.05) is 30.3 Å². The summed E-state index contributed by atoms with van der Waals surface area (Å²) in [5, 5.41) is 33.2. The monoisotopic (exact) mass is 417 g/mol. The minimum atomic E-state index is -2.41. The van der Waals surface area contributed by atoms with Crippen molar-refractivity contribution in [3.63, 3.8) is 0 Å².